The maximum atomic E-state index is 3.97. The standard InChI is InChI=1S/C7H13N3S2/c1-3-8-4-6(2)12-7-10-9-5-11-7/h5-6,8H,3-4H2,1-2H3. The lowest BCUT2D eigenvalue weighted by Crippen LogP contribution is -2.21. The Balaban J connectivity index is 2.22. The molecule has 0 saturated heterocycles. The molecule has 1 aromatic heterocycles. The van der Waals surface area contributed by atoms with Crippen LogP contribution in [0.4, 0.5) is 0 Å². The zero-order chi connectivity index (χ0) is 8.81. The molecule has 0 aliphatic rings. The summed E-state index contributed by atoms with van der Waals surface area (Å²) < 4.78 is 1.06. The van der Waals surface area contributed by atoms with E-state index < -0.39 is 0 Å². The molecular weight excluding hydrogens is 190 g/mol. The first-order chi connectivity index (χ1) is 5.83. The Hall–Kier alpha value is -0.130. The minimum atomic E-state index is 0.567. The molecule has 0 fully saturated rings. The molecule has 1 heterocycles. The summed E-state index contributed by atoms with van der Waals surface area (Å²) in [5, 5.41) is 11.6. The topological polar surface area (TPSA) is 37.8 Å². The zero-order valence-electron chi connectivity index (χ0n) is 7.28. The van der Waals surface area contributed by atoms with Crippen LogP contribution in [-0.4, -0.2) is 28.5 Å². The van der Waals surface area contributed by atoms with E-state index in [0.717, 1.165) is 17.4 Å². The molecule has 0 amide bonds. The Kier molecular flexibility index (Phi) is 4.57. The van der Waals surface area contributed by atoms with E-state index in [2.05, 4.69) is 29.4 Å². The van der Waals surface area contributed by atoms with Gasteiger partial charge in [-0.05, 0) is 6.54 Å². The average Bonchev–Trinajstić information content (AvgIpc) is 2.53. The molecule has 1 atom stereocenters. The molecule has 0 aliphatic heterocycles. The summed E-state index contributed by atoms with van der Waals surface area (Å²) in [4.78, 5) is 0. The molecule has 5 heteroatoms. The largest absolute Gasteiger partial charge is 0.316 e. The highest BCUT2D eigenvalue weighted by Crippen LogP contribution is 2.23. The van der Waals surface area contributed by atoms with Gasteiger partial charge >= 0.3 is 0 Å². The molecular formula is C7H13N3S2. The number of nitrogens with zero attached hydrogens (tertiary/aromatic N) is 2. The van der Waals surface area contributed by atoms with Gasteiger partial charge in [-0.2, -0.15) is 0 Å². The van der Waals surface area contributed by atoms with Crippen LogP contribution in [0.15, 0.2) is 9.85 Å². The van der Waals surface area contributed by atoms with Crippen molar-refractivity contribution in [3.63, 3.8) is 0 Å². The quantitative estimate of drug-likeness (QED) is 0.738. The van der Waals surface area contributed by atoms with Crippen LogP contribution in [0.2, 0.25) is 0 Å². The zero-order valence-corrected chi connectivity index (χ0v) is 8.91. The minimum absolute atomic E-state index is 0.567. The predicted molar refractivity (Wildman–Crippen MR) is 53.8 cm³/mol. The van der Waals surface area contributed by atoms with Gasteiger partial charge in [-0.15, -0.1) is 10.2 Å². The molecule has 1 aromatic rings. The van der Waals surface area contributed by atoms with Crippen LogP contribution in [0.3, 0.4) is 0 Å². The fourth-order valence-corrected chi connectivity index (χ4v) is 2.54. The molecule has 1 unspecified atom stereocenters. The number of rotatable bonds is 5. The highest BCUT2D eigenvalue weighted by molar-refractivity contribution is 8.01. The van der Waals surface area contributed by atoms with Gasteiger partial charge in [-0.3, -0.25) is 0 Å². The van der Waals surface area contributed by atoms with Crippen molar-refractivity contribution in [3.8, 4) is 0 Å². The molecule has 0 saturated carbocycles. The van der Waals surface area contributed by atoms with Crippen LogP contribution in [-0.2, 0) is 0 Å². The van der Waals surface area contributed by atoms with Gasteiger partial charge in [0.15, 0.2) is 4.34 Å². The normalized spacial score (nSPS) is 13.2. The summed E-state index contributed by atoms with van der Waals surface area (Å²) in [6.07, 6.45) is 0. The van der Waals surface area contributed by atoms with Gasteiger partial charge in [0, 0.05) is 11.8 Å². The Morgan fingerprint density at radius 2 is 2.58 bits per heavy atom. The van der Waals surface area contributed by atoms with Crippen molar-refractivity contribution in [2.75, 3.05) is 13.1 Å². The maximum Gasteiger partial charge on any atom is 0.174 e. The third-order valence-electron chi connectivity index (χ3n) is 1.32. The van der Waals surface area contributed by atoms with Crippen LogP contribution >= 0.6 is 23.1 Å². The second kappa shape index (κ2) is 5.50. The Morgan fingerprint density at radius 3 is 3.17 bits per heavy atom. The highest BCUT2D eigenvalue weighted by Gasteiger charge is 2.05. The lowest BCUT2D eigenvalue weighted by atomic mass is 10.5. The number of aromatic nitrogens is 2. The molecule has 0 radical (unpaired) electrons. The van der Waals surface area contributed by atoms with Crippen molar-refractivity contribution in [1.82, 2.24) is 15.5 Å². The first-order valence-corrected chi connectivity index (χ1v) is 5.72. The van der Waals surface area contributed by atoms with Crippen molar-refractivity contribution in [1.29, 1.82) is 0 Å². The summed E-state index contributed by atoms with van der Waals surface area (Å²) in [5.74, 6) is 0. The van der Waals surface area contributed by atoms with Gasteiger partial charge in [-0.1, -0.05) is 36.9 Å². The highest BCUT2D eigenvalue weighted by atomic mass is 32.2. The van der Waals surface area contributed by atoms with Crippen LogP contribution in [0, 0.1) is 0 Å². The molecule has 12 heavy (non-hydrogen) atoms. The predicted octanol–water partition coefficient (Wildman–Crippen LogP) is 1.63. The van der Waals surface area contributed by atoms with Gasteiger partial charge in [0.1, 0.15) is 5.51 Å². The molecule has 1 rings (SSSR count). The van der Waals surface area contributed by atoms with Gasteiger partial charge in [0.2, 0.25) is 0 Å². The first-order valence-electron chi connectivity index (χ1n) is 3.96. The van der Waals surface area contributed by atoms with E-state index in [0.29, 0.717) is 5.25 Å². The van der Waals surface area contributed by atoms with Crippen molar-refractivity contribution in [2.45, 2.75) is 23.4 Å². The van der Waals surface area contributed by atoms with E-state index in [1.807, 2.05) is 0 Å². The Bertz CT molecular complexity index is 200. The second-order valence-electron chi connectivity index (χ2n) is 2.44. The lowest BCUT2D eigenvalue weighted by Gasteiger charge is -2.07. The maximum absolute atomic E-state index is 3.97. The molecule has 3 nitrogen and oxygen atoms in total. The van der Waals surface area contributed by atoms with Gasteiger partial charge in [0.05, 0.1) is 0 Å². The van der Waals surface area contributed by atoms with Crippen molar-refractivity contribution >= 4 is 23.1 Å². The minimum Gasteiger partial charge on any atom is -0.316 e. The third kappa shape index (κ3) is 3.51. The van der Waals surface area contributed by atoms with Gasteiger partial charge < -0.3 is 5.32 Å². The number of nitrogens with one attached hydrogen (secondary N) is 1. The summed E-state index contributed by atoms with van der Waals surface area (Å²) in [6, 6.07) is 0. The van der Waals surface area contributed by atoms with Crippen molar-refractivity contribution in [3.05, 3.63) is 5.51 Å². The van der Waals surface area contributed by atoms with E-state index in [9.17, 15) is 0 Å². The molecule has 68 valence electrons. The Labute approximate surface area is 81.0 Å². The number of thioether (sulfide) groups is 1. The van der Waals surface area contributed by atoms with E-state index in [1.54, 1.807) is 28.6 Å². The Morgan fingerprint density at radius 1 is 1.75 bits per heavy atom. The smallest absolute Gasteiger partial charge is 0.174 e. The average molecular weight is 203 g/mol. The summed E-state index contributed by atoms with van der Waals surface area (Å²) in [6.45, 7) is 6.36. The molecule has 0 aromatic carbocycles. The summed E-state index contributed by atoms with van der Waals surface area (Å²) >= 11 is 3.37. The third-order valence-corrected chi connectivity index (χ3v) is 3.24. The van der Waals surface area contributed by atoms with Crippen LogP contribution < -0.4 is 5.32 Å². The van der Waals surface area contributed by atoms with E-state index in [1.165, 1.54) is 0 Å². The molecule has 1 N–H and O–H groups in total. The van der Waals surface area contributed by atoms with Gasteiger partial charge in [0.25, 0.3) is 0 Å². The lowest BCUT2D eigenvalue weighted by molar-refractivity contribution is 0.712. The SMILES string of the molecule is CCNCC(C)Sc1nncs1. The fraction of sp³-hybridized carbons (Fsp3) is 0.714. The number of hydrogen-bond acceptors (Lipinski definition) is 5. The van der Waals surface area contributed by atoms with Gasteiger partial charge in [-0.25, -0.2) is 0 Å². The first kappa shape index (κ1) is 9.95. The van der Waals surface area contributed by atoms with Crippen molar-refractivity contribution in [2.24, 2.45) is 0 Å². The van der Waals surface area contributed by atoms with Crippen LogP contribution in [0.1, 0.15) is 13.8 Å². The van der Waals surface area contributed by atoms with E-state index in [-0.39, 0.29) is 0 Å². The molecule has 0 aliphatic carbocycles. The van der Waals surface area contributed by atoms with E-state index in [4.69, 9.17) is 0 Å². The molecule has 0 spiro atoms. The van der Waals surface area contributed by atoms with Crippen LogP contribution in [0.25, 0.3) is 0 Å². The number of hydrogen-bond donors (Lipinski definition) is 1. The van der Waals surface area contributed by atoms with Crippen LogP contribution in [0.5, 0.6) is 0 Å². The molecule has 0 bridgehead atoms. The van der Waals surface area contributed by atoms with Crippen molar-refractivity contribution < 1.29 is 0 Å². The summed E-state index contributed by atoms with van der Waals surface area (Å²) in [7, 11) is 0. The fourth-order valence-electron chi connectivity index (χ4n) is 0.776. The second-order valence-corrected chi connectivity index (χ2v) is 4.96. The summed E-state index contributed by atoms with van der Waals surface area (Å²) in [5.41, 5.74) is 1.77. The monoisotopic (exact) mass is 203 g/mol. The van der Waals surface area contributed by atoms with E-state index >= 15 is 0 Å².